The Balaban J connectivity index is 2.31. The van der Waals surface area contributed by atoms with Crippen molar-refractivity contribution in [1.82, 2.24) is 0 Å². The summed E-state index contributed by atoms with van der Waals surface area (Å²) in [6, 6.07) is 11.2. The van der Waals surface area contributed by atoms with Crippen molar-refractivity contribution in [2.45, 2.75) is 5.88 Å². The molecule has 0 saturated heterocycles. The molecule has 0 N–H and O–H groups in total. The molecular weight excluding hydrogens is 282 g/mol. The number of halogens is 1. The number of hydrogen-bond donors (Lipinski definition) is 0. The van der Waals surface area contributed by atoms with Gasteiger partial charge in [-0.25, -0.2) is 0 Å². The Morgan fingerprint density at radius 2 is 1.90 bits per heavy atom. The molecule has 0 radical (unpaired) electrons. The number of nitro groups is 1. The van der Waals surface area contributed by atoms with Crippen molar-refractivity contribution < 1.29 is 14.4 Å². The molecular formula is C14H12ClNO4. The molecule has 0 spiro atoms. The van der Waals surface area contributed by atoms with Gasteiger partial charge in [0.2, 0.25) is 0 Å². The molecule has 0 unspecified atom stereocenters. The third-order valence-electron chi connectivity index (χ3n) is 2.69. The fourth-order valence-electron chi connectivity index (χ4n) is 1.70. The molecule has 0 amide bonds. The number of ether oxygens (including phenoxy) is 2. The van der Waals surface area contributed by atoms with Gasteiger partial charge in [0.05, 0.1) is 17.9 Å². The quantitative estimate of drug-likeness (QED) is 0.472. The van der Waals surface area contributed by atoms with Gasteiger partial charge in [-0.05, 0) is 18.2 Å². The fraction of sp³-hybridized carbons (Fsp3) is 0.143. The number of non-ortho nitro benzene ring substituents is 1. The highest BCUT2D eigenvalue weighted by molar-refractivity contribution is 6.17. The van der Waals surface area contributed by atoms with Crippen LogP contribution in [0.5, 0.6) is 17.2 Å². The Morgan fingerprint density at radius 3 is 2.45 bits per heavy atom. The molecule has 0 saturated carbocycles. The van der Waals surface area contributed by atoms with Crippen LogP contribution in [0.15, 0.2) is 42.5 Å². The van der Waals surface area contributed by atoms with Gasteiger partial charge in [-0.1, -0.05) is 12.1 Å². The Kier molecular flexibility index (Phi) is 4.42. The lowest BCUT2D eigenvalue weighted by atomic mass is 10.2. The number of nitrogens with zero attached hydrogens (tertiary/aromatic N) is 1. The van der Waals surface area contributed by atoms with Crippen LogP contribution in [-0.2, 0) is 5.88 Å². The fourth-order valence-corrected chi connectivity index (χ4v) is 1.91. The molecule has 0 atom stereocenters. The maximum Gasteiger partial charge on any atom is 0.269 e. The molecule has 2 aromatic carbocycles. The summed E-state index contributed by atoms with van der Waals surface area (Å²) in [6.45, 7) is 0. The van der Waals surface area contributed by atoms with Gasteiger partial charge in [-0.3, -0.25) is 10.1 Å². The Morgan fingerprint density at radius 1 is 1.20 bits per heavy atom. The van der Waals surface area contributed by atoms with Crippen LogP contribution >= 0.6 is 11.6 Å². The lowest BCUT2D eigenvalue weighted by Gasteiger charge is -2.13. The number of benzene rings is 2. The van der Waals surface area contributed by atoms with E-state index < -0.39 is 4.92 Å². The average Bonchev–Trinajstić information content (AvgIpc) is 2.48. The molecule has 20 heavy (non-hydrogen) atoms. The molecule has 2 rings (SSSR count). The molecule has 0 bridgehead atoms. The van der Waals surface area contributed by atoms with E-state index in [1.54, 1.807) is 6.07 Å². The van der Waals surface area contributed by atoms with Crippen LogP contribution in [0.4, 0.5) is 5.69 Å². The molecule has 104 valence electrons. The van der Waals surface area contributed by atoms with Crippen molar-refractivity contribution in [1.29, 1.82) is 0 Å². The van der Waals surface area contributed by atoms with E-state index in [0.29, 0.717) is 17.2 Å². The van der Waals surface area contributed by atoms with E-state index >= 15 is 0 Å². The molecule has 0 aromatic heterocycles. The number of para-hydroxylation sites is 1. The molecule has 5 nitrogen and oxygen atoms in total. The minimum Gasteiger partial charge on any atom is -0.493 e. The molecule has 2 aromatic rings. The second-order valence-corrected chi connectivity index (χ2v) is 4.20. The van der Waals surface area contributed by atoms with Gasteiger partial charge in [0, 0.05) is 17.7 Å². The number of rotatable bonds is 5. The van der Waals surface area contributed by atoms with E-state index in [4.69, 9.17) is 21.1 Å². The smallest absolute Gasteiger partial charge is 0.269 e. The summed E-state index contributed by atoms with van der Waals surface area (Å²) in [5, 5.41) is 10.6. The summed E-state index contributed by atoms with van der Waals surface area (Å²) >= 11 is 5.87. The summed E-state index contributed by atoms with van der Waals surface area (Å²) < 4.78 is 11.0. The Labute approximate surface area is 120 Å². The van der Waals surface area contributed by atoms with Crippen molar-refractivity contribution in [3.8, 4) is 17.2 Å². The highest BCUT2D eigenvalue weighted by Gasteiger charge is 2.12. The number of alkyl halides is 1. The largest absolute Gasteiger partial charge is 0.493 e. The second kappa shape index (κ2) is 6.25. The van der Waals surface area contributed by atoms with Gasteiger partial charge in [-0.15, -0.1) is 11.6 Å². The van der Waals surface area contributed by atoms with Crippen LogP contribution in [0.25, 0.3) is 0 Å². The van der Waals surface area contributed by atoms with E-state index in [2.05, 4.69) is 0 Å². The molecule has 0 heterocycles. The van der Waals surface area contributed by atoms with Crippen molar-refractivity contribution in [2.75, 3.05) is 7.11 Å². The maximum atomic E-state index is 10.6. The normalized spacial score (nSPS) is 10.1. The van der Waals surface area contributed by atoms with Gasteiger partial charge in [-0.2, -0.15) is 0 Å². The summed E-state index contributed by atoms with van der Waals surface area (Å²) in [4.78, 5) is 10.1. The first-order valence-electron chi connectivity index (χ1n) is 5.80. The predicted octanol–water partition coefficient (Wildman–Crippen LogP) is 4.13. The van der Waals surface area contributed by atoms with Crippen LogP contribution in [-0.4, -0.2) is 12.0 Å². The standard InChI is InChI=1S/C14H12ClNO4/c1-19-13-4-2-3-10(9-15)14(13)20-12-7-5-11(6-8-12)16(17)18/h2-8H,9H2,1H3. The molecule has 6 heteroatoms. The van der Waals surface area contributed by atoms with Crippen molar-refractivity contribution >= 4 is 17.3 Å². The second-order valence-electron chi connectivity index (χ2n) is 3.94. The van der Waals surface area contributed by atoms with Crippen LogP contribution < -0.4 is 9.47 Å². The summed E-state index contributed by atoms with van der Waals surface area (Å²) in [7, 11) is 1.54. The zero-order valence-electron chi connectivity index (χ0n) is 10.7. The zero-order chi connectivity index (χ0) is 14.5. The first-order valence-corrected chi connectivity index (χ1v) is 6.33. The van der Waals surface area contributed by atoms with Crippen molar-refractivity contribution in [3.63, 3.8) is 0 Å². The first-order chi connectivity index (χ1) is 9.65. The van der Waals surface area contributed by atoms with Gasteiger partial charge in [0.1, 0.15) is 5.75 Å². The minimum absolute atomic E-state index is 0.00921. The van der Waals surface area contributed by atoms with Crippen LogP contribution in [0.2, 0.25) is 0 Å². The van der Waals surface area contributed by atoms with E-state index in [1.165, 1.54) is 31.4 Å². The number of nitro benzene ring substituents is 1. The zero-order valence-corrected chi connectivity index (χ0v) is 11.5. The van der Waals surface area contributed by atoms with Crippen molar-refractivity contribution in [3.05, 3.63) is 58.1 Å². The topological polar surface area (TPSA) is 61.6 Å². The number of methoxy groups -OCH3 is 1. The summed E-state index contributed by atoms with van der Waals surface area (Å²) in [5.74, 6) is 1.83. The van der Waals surface area contributed by atoms with Crippen LogP contribution in [0, 0.1) is 10.1 Å². The van der Waals surface area contributed by atoms with E-state index in [-0.39, 0.29) is 11.6 Å². The number of hydrogen-bond acceptors (Lipinski definition) is 4. The lowest BCUT2D eigenvalue weighted by molar-refractivity contribution is -0.384. The van der Waals surface area contributed by atoms with Gasteiger partial charge >= 0.3 is 0 Å². The average molecular weight is 294 g/mol. The molecule has 0 fully saturated rings. The predicted molar refractivity (Wildman–Crippen MR) is 75.7 cm³/mol. The maximum absolute atomic E-state index is 10.6. The third-order valence-corrected chi connectivity index (χ3v) is 2.98. The monoisotopic (exact) mass is 293 g/mol. The third kappa shape index (κ3) is 3.00. The van der Waals surface area contributed by atoms with E-state index in [0.717, 1.165) is 5.56 Å². The Bertz CT molecular complexity index is 591. The van der Waals surface area contributed by atoms with Crippen LogP contribution in [0.3, 0.4) is 0 Å². The van der Waals surface area contributed by atoms with Gasteiger partial charge in [0.25, 0.3) is 5.69 Å². The van der Waals surface area contributed by atoms with E-state index in [1.807, 2.05) is 12.1 Å². The molecule has 0 aliphatic heterocycles. The van der Waals surface area contributed by atoms with E-state index in [9.17, 15) is 10.1 Å². The SMILES string of the molecule is COc1cccc(CCl)c1Oc1ccc([N+](=O)[O-])cc1. The van der Waals surface area contributed by atoms with Crippen molar-refractivity contribution in [2.24, 2.45) is 0 Å². The van der Waals surface area contributed by atoms with Crippen LogP contribution in [0.1, 0.15) is 5.56 Å². The highest BCUT2D eigenvalue weighted by atomic mass is 35.5. The first kappa shape index (κ1) is 14.1. The molecule has 0 aliphatic carbocycles. The van der Waals surface area contributed by atoms with Gasteiger partial charge in [0.15, 0.2) is 11.5 Å². The Hall–Kier alpha value is -2.27. The molecule has 0 aliphatic rings. The lowest BCUT2D eigenvalue weighted by Crippen LogP contribution is -1.94. The summed E-state index contributed by atoms with van der Waals surface area (Å²) in [5.41, 5.74) is 0.791. The minimum atomic E-state index is -0.461. The van der Waals surface area contributed by atoms with Gasteiger partial charge < -0.3 is 9.47 Å². The summed E-state index contributed by atoms with van der Waals surface area (Å²) in [6.07, 6.45) is 0. The highest BCUT2D eigenvalue weighted by Crippen LogP contribution is 2.36.